The third-order valence-electron chi connectivity index (χ3n) is 3.02. The molecule has 1 fully saturated rings. The van der Waals surface area contributed by atoms with Crippen molar-refractivity contribution < 1.29 is 21.6 Å². The van der Waals surface area contributed by atoms with E-state index in [4.69, 9.17) is 5.73 Å². The van der Waals surface area contributed by atoms with E-state index in [2.05, 4.69) is 0 Å². The molecule has 1 saturated carbocycles. The first kappa shape index (κ1) is 14.7. The Morgan fingerprint density at radius 1 is 1.12 bits per heavy atom. The van der Waals surface area contributed by atoms with E-state index in [1.807, 2.05) is 0 Å². The van der Waals surface area contributed by atoms with Crippen molar-refractivity contribution in [1.29, 1.82) is 0 Å². The van der Waals surface area contributed by atoms with Crippen molar-refractivity contribution >= 4 is 10.0 Å². The summed E-state index contributed by atoms with van der Waals surface area (Å²) >= 11 is 0. The highest BCUT2D eigenvalue weighted by molar-refractivity contribution is 7.90. The van der Waals surface area contributed by atoms with Crippen molar-refractivity contribution in [2.24, 2.45) is 5.73 Å². The van der Waals surface area contributed by atoms with Crippen molar-refractivity contribution in [3.63, 3.8) is 0 Å². The molecule has 0 radical (unpaired) electrons. The predicted molar refractivity (Wildman–Crippen MR) is 57.6 cm³/mol. The van der Waals surface area contributed by atoms with E-state index in [1.165, 1.54) is 0 Å². The second-order valence-corrected chi connectivity index (χ2v) is 6.31. The molecule has 3 N–H and O–H groups in total. The fourth-order valence-corrected chi connectivity index (χ4v) is 2.57. The molecule has 0 bridgehead atoms. The molecule has 0 amide bonds. The van der Waals surface area contributed by atoms with E-state index in [1.54, 1.807) is 4.72 Å². The average Bonchev–Trinajstić information content (AvgIpc) is 2.40. The molecule has 0 aromatic heterocycles. The molecule has 17 heavy (non-hydrogen) atoms. The first-order valence-corrected chi connectivity index (χ1v) is 6.99. The molecule has 0 saturated heterocycles. The number of rotatable bonds is 3. The van der Waals surface area contributed by atoms with E-state index in [0.717, 1.165) is 25.7 Å². The Morgan fingerprint density at radius 3 is 2.00 bits per heavy atom. The number of nitrogens with one attached hydrogen (secondary N) is 1. The zero-order chi connectivity index (χ0) is 13.2. The van der Waals surface area contributed by atoms with Gasteiger partial charge < -0.3 is 5.73 Å². The van der Waals surface area contributed by atoms with Crippen molar-refractivity contribution in [3.05, 3.63) is 0 Å². The van der Waals surface area contributed by atoms with E-state index in [-0.39, 0.29) is 6.54 Å². The summed E-state index contributed by atoms with van der Waals surface area (Å²) < 4.78 is 59.5. The lowest BCUT2D eigenvalue weighted by atomic mass is 9.92. The molecule has 0 aromatic rings. The number of sulfonamides is 1. The zero-order valence-electron chi connectivity index (χ0n) is 9.39. The first-order chi connectivity index (χ1) is 7.66. The van der Waals surface area contributed by atoms with Gasteiger partial charge in [0.25, 0.3) is 0 Å². The SMILES string of the molecule is NC1(CNS(=O)(=O)C(F)(F)F)CCCCCC1. The van der Waals surface area contributed by atoms with Gasteiger partial charge in [-0.1, -0.05) is 25.7 Å². The van der Waals surface area contributed by atoms with Gasteiger partial charge in [-0.2, -0.15) is 13.2 Å². The van der Waals surface area contributed by atoms with Gasteiger partial charge in [-0.05, 0) is 12.8 Å². The van der Waals surface area contributed by atoms with E-state index < -0.39 is 21.1 Å². The van der Waals surface area contributed by atoms with Crippen LogP contribution >= 0.6 is 0 Å². The Morgan fingerprint density at radius 2 is 1.59 bits per heavy atom. The molecule has 1 aliphatic rings. The Hall–Kier alpha value is -0.340. The van der Waals surface area contributed by atoms with Crippen molar-refractivity contribution in [2.45, 2.75) is 49.6 Å². The third-order valence-corrected chi connectivity index (χ3v) is 4.15. The number of alkyl halides is 3. The molecule has 0 atom stereocenters. The smallest absolute Gasteiger partial charge is 0.324 e. The molecule has 0 aromatic carbocycles. The Kier molecular flexibility index (Phi) is 4.43. The third kappa shape index (κ3) is 4.11. The first-order valence-electron chi connectivity index (χ1n) is 5.51. The molecule has 1 rings (SSSR count). The molecule has 102 valence electrons. The second-order valence-electron chi connectivity index (χ2n) is 4.55. The highest BCUT2D eigenvalue weighted by atomic mass is 32.2. The van der Waals surface area contributed by atoms with Gasteiger partial charge in [-0.15, -0.1) is 0 Å². The van der Waals surface area contributed by atoms with Crippen LogP contribution in [0.25, 0.3) is 0 Å². The van der Waals surface area contributed by atoms with E-state index in [0.29, 0.717) is 12.8 Å². The minimum atomic E-state index is -5.28. The normalized spacial score (nSPS) is 22.1. The minimum absolute atomic E-state index is 0.352. The van der Waals surface area contributed by atoms with Crippen LogP contribution in [-0.2, 0) is 10.0 Å². The standard InChI is InChI=1S/C9H17F3N2O2S/c10-9(11,12)17(15,16)14-7-8(13)5-3-1-2-4-6-8/h14H,1-7,13H2. The topological polar surface area (TPSA) is 72.2 Å². The summed E-state index contributed by atoms with van der Waals surface area (Å²) in [6.07, 6.45) is 4.73. The lowest BCUT2D eigenvalue weighted by molar-refractivity contribution is -0.0449. The summed E-state index contributed by atoms with van der Waals surface area (Å²) in [5.41, 5.74) is -0.207. The summed E-state index contributed by atoms with van der Waals surface area (Å²) in [6, 6.07) is 0. The largest absolute Gasteiger partial charge is 0.511 e. The Labute approximate surface area is 98.8 Å². The lowest BCUT2D eigenvalue weighted by Crippen LogP contribution is -2.51. The van der Waals surface area contributed by atoms with E-state index in [9.17, 15) is 21.6 Å². The van der Waals surface area contributed by atoms with Gasteiger partial charge >= 0.3 is 15.5 Å². The summed E-state index contributed by atoms with van der Waals surface area (Å²) in [5, 5.41) is 0. The number of hydrogen-bond acceptors (Lipinski definition) is 3. The van der Waals surface area contributed by atoms with Crippen LogP contribution in [0.15, 0.2) is 0 Å². The van der Waals surface area contributed by atoms with Crippen LogP contribution in [0, 0.1) is 0 Å². The fourth-order valence-electron chi connectivity index (χ4n) is 1.93. The van der Waals surface area contributed by atoms with Crippen LogP contribution in [0.2, 0.25) is 0 Å². The monoisotopic (exact) mass is 274 g/mol. The molecule has 0 heterocycles. The maximum Gasteiger partial charge on any atom is 0.511 e. The summed E-state index contributed by atoms with van der Waals surface area (Å²) in [5.74, 6) is 0. The van der Waals surface area contributed by atoms with Crippen molar-refractivity contribution in [3.8, 4) is 0 Å². The summed E-state index contributed by atoms with van der Waals surface area (Å²) in [7, 11) is -5.28. The van der Waals surface area contributed by atoms with Crippen LogP contribution < -0.4 is 10.5 Å². The van der Waals surface area contributed by atoms with Crippen LogP contribution in [0.5, 0.6) is 0 Å². The van der Waals surface area contributed by atoms with Gasteiger partial charge in [0.1, 0.15) is 0 Å². The fraction of sp³-hybridized carbons (Fsp3) is 1.00. The van der Waals surface area contributed by atoms with Crippen molar-refractivity contribution in [1.82, 2.24) is 4.72 Å². The van der Waals surface area contributed by atoms with Crippen molar-refractivity contribution in [2.75, 3.05) is 6.54 Å². The second kappa shape index (κ2) is 5.11. The quantitative estimate of drug-likeness (QED) is 0.766. The molecule has 0 unspecified atom stereocenters. The summed E-state index contributed by atoms with van der Waals surface area (Å²) in [4.78, 5) is 0. The predicted octanol–water partition coefficient (Wildman–Crippen LogP) is 1.48. The van der Waals surface area contributed by atoms with Crippen LogP contribution in [0.4, 0.5) is 13.2 Å². The van der Waals surface area contributed by atoms with Crippen LogP contribution in [0.3, 0.4) is 0 Å². The molecule has 4 nitrogen and oxygen atoms in total. The van der Waals surface area contributed by atoms with Crippen LogP contribution in [0.1, 0.15) is 38.5 Å². The highest BCUT2D eigenvalue weighted by Gasteiger charge is 2.46. The molecule has 1 aliphatic carbocycles. The molecule has 8 heteroatoms. The maximum atomic E-state index is 12.1. The van der Waals surface area contributed by atoms with Gasteiger partial charge in [-0.3, -0.25) is 0 Å². The minimum Gasteiger partial charge on any atom is -0.324 e. The number of hydrogen-bond donors (Lipinski definition) is 2. The van der Waals surface area contributed by atoms with Gasteiger partial charge in [0.15, 0.2) is 0 Å². The molecule has 0 spiro atoms. The molecular formula is C9H17F3N2O2S. The Balaban J connectivity index is 2.60. The molecule has 0 aliphatic heterocycles. The van der Waals surface area contributed by atoms with Crippen LogP contribution in [-0.4, -0.2) is 26.0 Å². The highest BCUT2D eigenvalue weighted by Crippen LogP contribution is 2.26. The zero-order valence-corrected chi connectivity index (χ0v) is 10.2. The van der Waals surface area contributed by atoms with Gasteiger partial charge in [0.2, 0.25) is 0 Å². The average molecular weight is 274 g/mol. The maximum absolute atomic E-state index is 12.1. The lowest BCUT2D eigenvalue weighted by Gasteiger charge is -2.28. The van der Waals surface area contributed by atoms with Gasteiger partial charge in [0, 0.05) is 12.1 Å². The number of nitrogens with two attached hydrogens (primary N) is 1. The molecular weight excluding hydrogens is 257 g/mol. The van der Waals surface area contributed by atoms with E-state index >= 15 is 0 Å². The summed E-state index contributed by atoms with van der Waals surface area (Å²) in [6.45, 7) is -0.352. The Bertz CT molecular complexity index is 346. The number of halogens is 3. The van der Waals surface area contributed by atoms with Gasteiger partial charge in [0.05, 0.1) is 0 Å². The van der Waals surface area contributed by atoms with Gasteiger partial charge in [-0.25, -0.2) is 13.1 Å².